The van der Waals surface area contributed by atoms with Crippen molar-refractivity contribution in [3.63, 3.8) is 0 Å². The zero-order chi connectivity index (χ0) is 19.1. The summed E-state index contributed by atoms with van der Waals surface area (Å²) in [6, 6.07) is 21.2. The van der Waals surface area contributed by atoms with Crippen LogP contribution in [0.5, 0.6) is 0 Å². The standard InChI is InChI=1S/C22H16N4O2/c1-14-12-18-19(13-17(14)23-22(27)21-10-5-11-28-21)25-26(24-18)20-9-4-7-15-6-2-3-8-16(15)20/h2-13H,1H3,(H,23,27). The van der Waals surface area contributed by atoms with Crippen LogP contribution in [0.4, 0.5) is 5.69 Å². The van der Waals surface area contributed by atoms with Gasteiger partial charge in [-0.05, 0) is 48.2 Å². The largest absolute Gasteiger partial charge is 0.459 e. The van der Waals surface area contributed by atoms with Gasteiger partial charge in [0.2, 0.25) is 0 Å². The second-order valence-electron chi connectivity index (χ2n) is 6.57. The van der Waals surface area contributed by atoms with E-state index in [0.29, 0.717) is 11.2 Å². The van der Waals surface area contributed by atoms with Gasteiger partial charge in [0.05, 0.1) is 12.0 Å². The third kappa shape index (κ3) is 2.72. The van der Waals surface area contributed by atoms with Crippen molar-refractivity contribution < 1.29 is 9.21 Å². The number of aromatic nitrogens is 3. The molecule has 5 rings (SSSR count). The first-order valence-corrected chi connectivity index (χ1v) is 8.90. The van der Waals surface area contributed by atoms with Crippen LogP contribution in [-0.4, -0.2) is 20.9 Å². The number of nitrogens with zero attached hydrogens (tertiary/aromatic N) is 3. The van der Waals surface area contributed by atoms with E-state index >= 15 is 0 Å². The van der Waals surface area contributed by atoms with Crippen LogP contribution in [0, 0.1) is 6.92 Å². The van der Waals surface area contributed by atoms with Gasteiger partial charge in [0.15, 0.2) is 5.76 Å². The van der Waals surface area contributed by atoms with Crippen LogP contribution in [0.25, 0.3) is 27.5 Å². The second kappa shape index (κ2) is 6.35. The quantitative estimate of drug-likeness (QED) is 0.500. The Labute approximate surface area is 160 Å². The molecule has 28 heavy (non-hydrogen) atoms. The highest BCUT2D eigenvalue weighted by atomic mass is 16.3. The predicted octanol–water partition coefficient (Wildman–Crippen LogP) is 4.73. The molecule has 5 aromatic rings. The number of hydrogen-bond acceptors (Lipinski definition) is 4. The maximum Gasteiger partial charge on any atom is 0.291 e. The summed E-state index contributed by atoms with van der Waals surface area (Å²) < 4.78 is 5.15. The second-order valence-corrected chi connectivity index (χ2v) is 6.57. The van der Waals surface area contributed by atoms with Crippen LogP contribution in [-0.2, 0) is 0 Å². The summed E-state index contributed by atoms with van der Waals surface area (Å²) in [6.45, 7) is 1.92. The molecule has 2 aromatic heterocycles. The molecule has 0 atom stereocenters. The maximum atomic E-state index is 12.3. The van der Waals surface area contributed by atoms with Crippen molar-refractivity contribution in [2.45, 2.75) is 6.92 Å². The van der Waals surface area contributed by atoms with Crippen molar-refractivity contribution in [2.24, 2.45) is 0 Å². The van der Waals surface area contributed by atoms with E-state index in [9.17, 15) is 4.79 Å². The van der Waals surface area contributed by atoms with E-state index in [0.717, 1.165) is 27.5 Å². The number of furan rings is 1. The van der Waals surface area contributed by atoms with E-state index in [4.69, 9.17) is 4.42 Å². The van der Waals surface area contributed by atoms with Gasteiger partial charge in [-0.25, -0.2) is 0 Å². The molecule has 0 unspecified atom stereocenters. The Bertz CT molecular complexity index is 1310. The molecule has 136 valence electrons. The number of rotatable bonds is 3. The highest BCUT2D eigenvalue weighted by Gasteiger charge is 2.14. The van der Waals surface area contributed by atoms with Crippen LogP contribution in [0.3, 0.4) is 0 Å². The molecule has 0 fully saturated rings. The Morgan fingerprint density at radius 1 is 0.964 bits per heavy atom. The molecule has 3 aromatic carbocycles. The number of aryl methyl sites for hydroxylation is 1. The van der Waals surface area contributed by atoms with Gasteiger partial charge in [0, 0.05) is 11.1 Å². The number of anilines is 1. The lowest BCUT2D eigenvalue weighted by Crippen LogP contribution is -2.11. The lowest BCUT2D eigenvalue weighted by Gasteiger charge is -2.06. The van der Waals surface area contributed by atoms with E-state index in [1.54, 1.807) is 16.9 Å². The molecule has 0 aliphatic carbocycles. The number of benzene rings is 3. The summed E-state index contributed by atoms with van der Waals surface area (Å²) in [7, 11) is 0. The average Bonchev–Trinajstić information content (AvgIpc) is 3.37. The summed E-state index contributed by atoms with van der Waals surface area (Å²) in [5.74, 6) is -0.0344. The number of hydrogen-bond donors (Lipinski definition) is 1. The molecule has 1 N–H and O–H groups in total. The van der Waals surface area contributed by atoms with E-state index in [1.165, 1.54) is 6.26 Å². The first-order chi connectivity index (χ1) is 13.7. The molecule has 0 spiro atoms. The molecular formula is C22H16N4O2. The van der Waals surface area contributed by atoms with E-state index in [2.05, 4.69) is 33.7 Å². The van der Waals surface area contributed by atoms with E-state index in [1.807, 2.05) is 43.3 Å². The van der Waals surface area contributed by atoms with Gasteiger partial charge in [0.25, 0.3) is 5.91 Å². The van der Waals surface area contributed by atoms with Crippen LogP contribution >= 0.6 is 0 Å². The van der Waals surface area contributed by atoms with Crippen LogP contribution in [0.2, 0.25) is 0 Å². The summed E-state index contributed by atoms with van der Waals surface area (Å²) in [6.07, 6.45) is 1.47. The van der Waals surface area contributed by atoms with Crippen molar-refractivity contribution in [2.75, 3.05) is 5.32 Å². The number of amides is 1. The molecule has 2 heterocycles. The molecule has 0 aliphatic heterocycles. The molecule has 1 amide bonds. The number of carbonyl (C=O) groups excluding carboxylic acids is 1. The molecule has 0 saturated carbocycles. The first kappa shape index (κ1) is 16.3. The minimum absolute atomic E-state index is 0.263. The van der Waals surface area contributed by atoms with Crippen LogP contribution in [0.1, 0.15) is 16.1 Å². The fourth-order valence-electron chi connectivity index (χ4n) is 3.28. The summed E-state index contributed by atoms with van der Waals surface area (Å²) in [4.78, 5) is 13.9. The highest BCUT2D eigenvalue weighted by Crippen LogP contribution is 2.25. The summed E-state index contributed by atoms with van der Waals surface area (Å²) >= 11 is 0. The zero-order valence-electron chi connectivity index (χ0n) is 15.1. The van der Waals surface area contributed by atoms with Gasteiger partial charge in [-0.3, -0.25) is 4.79 Å². The molecule has 0 radical (unpaired) electrons. The molecular weight excluding hydrogens is 352 g/mol. The van der Waals surface area contributed by atoms with Crippen LogP contribution < -0.4 is 5.32 Å². The minimum Gasteiger partial charge on any atom is -0.459 e. The number of carbonyl (C=O) groups is 1. The monoisotopic (exact) mass is 368 g/mol. The molecule has 0 aliphatic rings. The predicted molar refractivity (Wildman–Crippen MR) is 108 cm³/mol. The number of fused-ring (bicyclic) bond motifs is 2. The van der Waals surface area contributed by atoms with Gasteiger partial charge in [-0.2, -0.15) is 0 Å². The van der Waals surface area contributed by atoms with Crippen molar-refractivity contribution in [3.8, 4) is 5.69 Å². The Morgan fingerprint density at radius 2 is 1.75 bits per heavy atom. The Kier molecular flexibility index (Phi) is 3.69. The fraction of sp³-hybridized carbons (Fsp3) is 0.0455. The molecule has 6 heteroatoms. The smallest absolute Gasteiger partial charge is 0.291 e. The maximum absolute atomic E-state index is 12.3. The van der Waals surface area contributed by atoms with Crippen molar-refractivity contribution in [3.05, 3.63) is 84.3 Å². The van der Waals surface area contributed by atoms with E-state index < -0.39 is 0 Å². The lowest BCUT2D eigenvalue weighted by atomic mass is 10.1. The molecule has 0 saturated heterocycles. The Morgan fingerprint density at radius 3 is 2.57 bits per heavy atom. The third-order valence-corrected chi connectivity index (χ3v) is 4.70. The SMILES string of the molecule is Cc1cc2nn(-c3cccc4ccccc34)nc2cc1NC(=O)c1ccco1. The normalized spacial score (nSPS) is 11.2. The highest BCUT2D eigenvalue weighted by molar-refractivity contribution is 6.03. The van der Waals surface area contributed by atoms with Gasteiger partial charge in [-0.1, -0.05) is 36.4 Å². The van der Waals surface area contributed by atoms with Crippen molar-refractivity contribution in [1.82, 2.24) is 15.0 Å². The van der Waals surface area contributed by atoms with E-state index in [-0.39, 0.29) is 11.7 Å². The fourth-order valence-corrected chi connectivity index (χ4v) is 3.28. The third-order valence-electron chi connectivity index (χ3n) is 4.70. The lowest BCUT2D eigenvalue weighted by molar-refractivity contribution is 0.0996. The molecule has 6 nitrogen and oxygen atoms in total. The Balaban J connectivity index is 1.57. The number of nitrogens with one attached hydrogen (secondary N) is 1. The topological polar surface area (TPSA) is 73.0 Å². The first-order valence-electron chi connectivity index (χ1n) is 8.90. The van der Waals surface area contributed by atoms with Gasteiger partial charge in [-0.15, -0.1) is 15.0 Å². The summed E-state index contributed by atoms with van der Waals surface area (Å²) in [5.41, 5.74) is 3.96. The zero-order valence-corrected chi connectivity index (χ0v) is 15.1. The van der Waals surface area contributed by atoms with Gasteiger partial charge < -0.3 is 9.73 Å². The van der Waals surface area contributed by atoms with Crippen LogP contribution in [0.15, 0.2) is 77.4 Å². The van der Waals surface area contributed by atoms with Crippen molar-refractivity contribution in [1.29, 1.82) is 0 Å². The van der Waals surface area contributed by atoms with Gasteiger partial charge >= 0.3 is 0 Å². The average molecular weight is 368 g/mol. The van der Waals surface area contributed by atoms with Crippen molar-refractivity contribution >= 4 is 33.4 Å². The Hall–Kier alpha value is -3.93. The summed E-state index contributed by atoms with van der Waals surface area (Å²) in [5, 5.41) is 14.4. The van der Waals surface area contributed by atoms with Gasteiger partial charge in [0.1, 0.15) is 11.0 Å². The molecule has 0 bridgehead atoms. The minimum atomic E-state index is -0.297.